The Balaban J connectivity index is 0.000000108. The van der Waals surface area contributed by atoms with Crippen LogP contribution in [0.1, 0.15) is 18.1 Å². The number of imidazole rings is 3. The fourth-order valence-electron chi connectivity index (χ4n) is 13.0. The Labute approximate surface area is 535 Å². The molecule has 0 atom stereocenters. The summed E-state index contributed by atoms with van der Waals surface area (Å²) >= 11 is 0. The van der Waals surface area contributed by atoms with E-state index < -0.39 is 0 Å². The van der Waals surface area contributed by atoms with Gasteiger partial charge in [-0.15, -0.1) is 0 Å². The van der Waals surface area contributed by atoms with Crippen LogP contribution in [-0.2, 0) is 4.74 Å². The van der Waals surface area contributed by atoms with E-state index >= 15 is 0 Å². The fourth-order valence-corrected chi connectivity index (χ4v) is 13.0. The highest BCUT2D eigenvalue weighted by molar-refractivity contribution is 6.23. The van der Waals surface area contributed by atoms with Gasteiger partial charge in [0.25, 0.3) is 0 Å². The SMILES string of the molecule is CCOc1nc2ccccc2cc1-c1nc2c3cccnc3c3ncccc3c2[nH]1.COc1nc2ccc(C)cc2cc1-c1nc2c3cccnc3c3ncccc3c2[nH]1.Cc1ccc2nc(N3CCOCC3)c(-c3nc4c5cccnc5c5ncccc5c4[nH]3)cc2c1. The minimum absolute atomic E-state index is 0.526. The van der Waals surface area contributed by atoms with Gasteiger partial charge in [0.1, 0.15) is 23.3 Å². The van der Waals surface area contributed by atoms with Crippen molar-refractivity contribution in [2.45, 2.75) is 20.8 Å². The van der Waals surface area contributed by atoms with Crippen LogP contribution in [0.2, 0.25) is 0 Å². The third-order valence-electron chi connectivity index (χ3n) is 17.3. The van der Waals surface area contributed by atoms with Crippen LogP contribution >= 0.6 is 0 Å². The molecular formula is C75H56N16O3. The minimum atomic E-state index is 0.526. The Hall–Kier alpha value is -12.2. The third-order valence-corrected chi connectivity index (χ3v) is 17.3. The second kappa shape index (κ2) is 22.9. The van der Waals surface area contributed by atoms with Crippen molar-refractivity contribution in [3.8, 4) is 45.9 Å². The number of methoxy groups -OCH3 is 1. The lowest BCUT2D eigenvalue weighted by molar-refractivity contribution is 0.122. The van der Waals surface area contributed by atoms with Gasteiger partial charge in [0.15, 0.2) is 0 Å². The molecule has 12 aromatic heterocycles. The van der Waals surface area contributed by atoms with Crippen molar-refractivity contribution >= 4 is 137 Å². The zero-order valence-electron chi connectivity index (χ0n) is 51.5. The Morgan fingerprint density at radius 3 is 1.27 bits per heavy atom. The maximum absolute atomic E-state index is 5.87. The van der Waals surface area contributed by atoms with E-state index in [1.54, 1.807) is 31.9 Å². The molecule has 454 valence electrons. The Morgan fingerprint density at radius 2 is 0.787 bits per heavy atom. The van der Waals surface area contributed by atoms with Gasteiger partial charge in [-0.25, -0.2) is 29.9 Å². The number of aryl methyl sites for hydroxylation is 2. The van der Waals surface area contributed by atoms with Crippen molar-refractivity contribution in [2.75, 3.05) is 44.9 Å². The molecule has 0 saturated carbocycles. The first-order valence-corrected chi connectivity index (χ1v) is 31.1. The Morgan fingerprint density at radius 1 is 0.394 bits per heavy atom. The smallest absolute Gasteiger partial charge is 0.225 e. The summed E-state index contributed by atoms with van der Waals surface area (Å²) in [6.07, 6.45) is 10.8. The molecule has 3 N–H and O–H groups in total. The summed E-state index contributed by atoms with van der Waals surface area (Å²) in [6.45, 7) is 9.65. The van der Waals surface area contributed by atoms with Crippen LogP contribution < -0.4 is 14.4 Å². The topological polar surface area (TPSA) is 233 Å². The van der Waals surface area contributed by atoms with Gasteiger partial charge in [-0.05, 0) is 142 Å². The predicted molar refractivity (Wildman–Crippen MR) is 373 cm³/mol. The second-order valence-electron chi connectivity index (χ2n) is 23.2. The highest BCUT2D eigenvalue weighted by atomic mass is 16.5. The van der Waals surface area contributed by atoms with Crippen LogP contribution in [0, 0.1) is 13.8 Å². The summed E-state index contributed by atoms with van der Waals surface area (Å²) in [4.78, 5) is 70.1. The van der Waals surface area contributed by atoms with Crippen molar-refractivity contribution in [1.82, 2.24) is 74.8 Å². The second-order valence-corrected chi connectivity index (χ2v) is 23.2. The number of anilines is 1. The molecule has 19 rings (SSSR count). The molecule has 94 heavy (non-hydrogen) atoms. The summed E-state index contributed by atoms with van der Waals surface area (Å²) in [7, 11) is 1.63. The van der Waals surface area contributed by atoms with Crippen LogP contribution in [0.4, 0.5) is 5.82 Å². The van der Waals surface area contributed by atoms with Gasteiger partial charge in [-0.3, -0.25) is 29.9 Å². The summed E-state index contributed by atoms with van der Waals surface area (Å²) in [5.41, 5.74) is 18.4. The standard InChI is InChI=1S/C27H22N6O.2C24H17N5O/c1-16-6-7-21-17(14-16)15-20(27(30-21)33-10-12-34-13-11-33)26-31-24-18-4-2-8-28-22(18)23-19(25(24)32-26)5-3-9-29-23;1-13-7-8-18-14(11-13)12-17(24(27-18)30-2)23-28-21-15-5-3-9-25-19(15)20-16(22(21)29-23)6-4-10-26-20;1-2-30-24-17(13-14-7-3-4-10-18(14)27-24)23-28-21-15-8-5-11-25-19(15)20-16(22(21)29-23)9-6-12-26-20/h2-9,14-15H,10-13H2,1H3,(H,31,32);3-12H,1-2H3,(H,28,29);3-13H,2H2,1H3,(H,28,29). The van der Waals surface area contributed by atoms with Crippen LogP contribution in [0.3, 0.4) is 0 Å². The van der Waals surface area contributed by atoms with E-state index in [1.165, 1.54) is 11.1 Å². The lowest BCUT2D eigenvalue weighted by Gasteiger charge is -2.29. The van der Waals surface area contributed by atoms with Crippen molar-refractivity contribution in [3.63, 3.8) is 0 Å². The van der Waals surface area contributed by atoms with E-state index in [9.17, 15) is 0 Å². The zero-order valence-corrected chi connectivity index (χ0v) is 51.5. The lowest BCUT2D eigenvalue weighted by atomic mass is 10.1. The van der Waals surface area contributed by atoms with Crippen LogP contribution in [0.5, 0.6) is 11.8 Å². The number of fused-ring (bicyclic) bond motifs is 21. The minimum Gasteiger partial charge on any atom is -0.480 e. The highest BCUT2D eigenvalue weighted by Crippen LogP contribution is 2.41. The lowest BCUT2D eigenvalue weighted by Crippen LogP contribution is -2.37. The molecule has 13 heterocycles. The quantitative estimate of drug-likeness (QED) is 0.126. The molecule has 19 nitrogen and oxygen atoms in total. The number of rotatable bonds is 7. The van der Waals surface area contributed by atoms with E-state index in [1.807, 2.05) is 116 Å². The number of nitrogens with one attached hydrogen (secondary N) is 3. The predicted octanol–water partition coefficient (Wildman–Crippen LogP) is 15.5. The number of morpholine rings is 1. The van der Waals surface area contributed by atoms with Crippen LogP contribution in [-0.4, -0.2) is 115 Å². The summed E-state index contributed by atoms with van der Waals surface area (Å²) in [6, 6.07) is 50.8. The monoisotopic (exact) mass is 1230 g/mol. The van der Waals surface area contributed by atoms with Gasteiger partial charge < -0.3 is 34.1 Å². The molecule has 1 aliphatic heterocycles. The first-order valence-electron chi connectivity index (χ1n) is 31.1. The number of nitrogens with zero attached hydrogens (tertiary/aromatic N) is 13. The molecule has 0 radical (unpaired) electrons. The summed E-state index contributed by atoms with van der Waals surface area (Å²) < 4.78 is 17.1. The molecular weight excluding hydrogens is 1170 g/mol. The highest BCUT2D eigenvalue weighted by Gasteiger charge is 2.25. The van der Waals surface area contributed by atoms with E-state index in [-0.39, 0.29) is 0 Å². The number of H-pyrrole nitrogens is 3. The van der Waals surface area contributed by atoms with Crippen LogP contribution in [0.25, 0.3) is 165 Å². The van der Waals surface area contributed by atoms with Gasteiger partial charge in [0.05, 0.1) is 126 Å². The van der Waals surface area contributed by atoms with E-state index in [2.05, 4.69) is 118 Å². The van der Waals surface area contributed by atoms with Crippen molar-refractivity contribution < 1.29 is 14.2 Å². The number of ether oxygens (including phenoxy) is 3. The van der Waals surface area contributed by atoms with Gasteiger partial charge in [-0.1, -0.05) is 41.5 Å². The molecule has 1 fully saturated rings. The first-order chi connectivity index (χ1) is 46.3. The maximum atomic E-state index is 5.87. The molecule has 0 bridgehead atoms. The van der Waals surface area contributed by atoms with Crippen molar-refractivity contribution in [1.29, 1.82) is 0 Å². The number of aromatic nitrogens is 15. The van der Waals surface area contributed by atoms with Gasteiger partial charge in [-0.2, -0.15) is 0 Å². The summed E-state index contributed by atoms with van der Waals surface area (Å²) in [5, 5.41) is 9.09. The van der Waals surface area contributed by atoms with E-state index in [4.69, 9.17) is 44.1 Å². The van der Waals surface area contributed by atoms with Gasteiger partial charge in [0.2, 0.25) is 11.8 Å². The fraction of sp³-hybridized carbons (Fsp3) is 0.120. The molecule has 0 spiro atoms. The van der Waals surface area contributed by atoms with Crippen molar-refractivity contribution in [2.24, 2.45) is 0 Å². The number of hydrogen-bond acceptors (Lipinski definition) is 16. The summed E-state index contributed by atoms with van der Waals surface area (Å²) in [5.74, 6) is 4.26. The maximum Gasteiger partial charge on any atom is 0.225 e. The van der Waals surface area contributed by atoms with Gasteiger partial charge in [0, 0.05) is 98.7 Å². The van der Waals surface area contributed by atoms with E-state index in [0.717, 1.165) is 173 Å². The molecule has 19 heteroatoms. The first kappa shape index (κ1) is 55.8. The molecule has 18 aromatic rings. The van der Waals surface area contributed by atoms with E-state index in [0.29, 0.717) is 43.2 Å². The molecule has 6 aromatic carbocycles. The number of aromatic amines is 3. The van der Waals surface area contributed by atoms with Crippen molar-refractivity contribution in [3.05, 3.63) is 200 Å². The number of para-hydroxylation sites is 1. The normalized spacial score (nSPS) is 12.7. The number of hydrogen-bond donors (Lipinski definition) is 3. The Bertz CT molecular complexity index is 5690. The molecule has 0 aliphatic carbocycles. The molecule has 0 unspecified atom stereocenters. The third kappa shape index (κ3) is 9.54. The number of benzene rings is 6. The largest absolute Gasteiger partial charge is 0.480 e. The number of pyridine rings is 9. The van der Waals surface area contributed by atoms with Gasteiger partial charge >= 0.3 is 0 Å². The average molecular weight is 1230 g/mol. The molecule has 1 aliphatic rings. The molecule has 1 saturated heterocycles. The van der Waals surface area contributed by atoms with Crippen LogP contribution in [0.15, 0.2) is 189 Å². The Kier molecular flexibility index (Phi) is 13.6. The molecule has 0 amide bonds. The zero-order chi connectivity index (χ0) is 63.0. The average Bonchev–Trinajstić information content (AvgIpc) is 1.56.